The number of rotatable bonds is 0. The first-order valence-corrected chi connectivity index (χ1v) is 7.60. The van der Waals surface area contributed by atoms with Crippen LogP contribution in [0.15, 0.2) is 0 Å². The third-order valence-electron chi connectivity index (χ3n) is 6.01. The average Bonchev–Trinajstić information content (AvgIpc) is 2.04. The van der Waals surface area contributed by atoms with E-state index in [9.17, 15) is 0 Å². The van der Waals surface area contributed by atoms with E-state index in [4.69, 9.17) is 9.78 Å². The van der Waals surface area contributed by atoms with Crippen LogP contribution in [0.25, 0.3) is 0 Å². The standard InChI is InChI=1S/C17H32O2/c1-13(2,3)16(9)10-15(7,8)12-17(11-16,19-18-12)14(4,5)6/h12H,10-11H2,1-9H3. The van der Waals surface area contributed by atoms with Crippen molar-refractivity contribution in [3.63, 3.8) is 0 Å². The lowest BCUT2D eigenvalue weighted by atomic mass is 9.46. The number of hydrogen-bond donors (Lipinski definition) is 0. The van der Waals surface area contributed by atoms with Crippen molar-refractivity contribution in [3.8, 4) is 0 Å². The zero-order valence-electron chi connectivity index (χ0n) is 14.3. The Kier molecular flexibility index (Phi) is 3.03. The third kappa shape index (κ3) is 1.98. The van der Waals surface area contributed by atoms with Gasteiger partial charge in [0, 0.05) is 0 Å². The van der Waals surface area contributed by atoms with E-state index in [0.29, 0.717) is 0 Å². The van der Waals surface area contributed by atoms with Crippen molar-refractivity contribution in [2.75, 3.05) is 0 Å². The third-order valence-corrected chi connectivity index (χ3v) is 6.01. The largest absolute Gasteiger partial charge is 0.229 e. The molecule has 2 aliphatic rings. The second kappa shape index (κ2) is 3.76. The second-order valence-corrected chi connectivity index (χ2v) is 9.85. The summed E-state index contributed by atoms with van der Waals surface area (Å²) in [7, 11) is 0. The molecule has 0 aromatic carbocycles. The molecule has 1 aliphatic heterocycles. The summed E-state index contributed by atoms with van der Waals surface area (Å²) >= 11 is 0. The summed E-state index contributed by atoms with van der Waals surface area (Å²) in [5.74, 6) is 0. The summed E-state index contributed by atoms with van der Waals surface area (Å²) in [4.78, 5) is 11.4. The van der Waals surface area contributed by atoms with Crippen LogP contribution in [0, 0.1) is 21.7 Å². The Morgan fingerprint density at radius 3 is 1.68 bits per heavy atom. The van der Waals surface area contributed by atoms with E-state index in [1.54, 1.807) is 0 Å². The highest BCUT2D eigenvalue weighted by Crippen LogP contribution is 2.66. The van der Waals surface area contributed by atoms with Crippen LogP contribution in [0.5, 0.6) is 0 Å². The maximum Gasteiger partial charge on any atom is 0.138 e. The van der Waals surface area contributed by atoms with Crippen LogP contribution in [-0.2, 0) is 9.78 Å². The zero-order valence-corrected chi connectivity index (χ0v) is 14.3. The number of fused-ring (bicyclic) bond motifs is 1. The van der Waals surface area contributed by atoms with Gasteiger partial charge in [0.25, 0.3) is 0 Å². The van der Waals surface area contributed by atoms with Gasteiger partial charge >= 0.3 is 0 Å². The van der Waals surface area contributed by atoms with Crippen LogP contribution < -0.4 is 0 Å². The molecule has 0 N–H and O–H groups in total. The highest BCUT2D eigenvalue weighted by atomic mass is 17.3. The summed E-state index contributed by atoms with van der Waals surface area (Å²) in [6.45, 7) is 21.0. The smallest absolute Gasteiger partial charge is 0.138 e. The molecule has 2 rings (SSSR count). The molecule has 1 saturated carbocycles. The predicted molar refractivity (Wildman–Crippen MR) is 78.7 cm³/mol. The topological polar surface area (TPSA) is 18.5 Å². The monoisotopic (exact) mass is 268 g/mol. The number of hydrogen-bond acceptors (Lipinski definition) is 2. The van der Waals surface area contributed by atoms with Crippen LogP contribution in [0.2, 0.25) is 0 Å². The molecule has 3 unspecified atom stereocenters. The lowest BCUT2D eigenvalue weighted by Crippen LogP contribution is -2.73. The molecule has 112 valence electrons. The quantitative estimate of drug-likeness (QED) is 0.577. The van der Waals surface area contributed by atoms with Crippen LogP contribution >= 0.6 is 0 Å². The van der Waals surface area contributed by atoms with E-state index in [1.807, 2.05) is 0 Å². The molecule has 0 aromatic heterocycles. The lowest BCUT2D eigenvalue weighted by Gasteiger charge is -2.67. The normalized spacial score (nSPS) is 42.5. The van der Waals surface area contributed by atoms with Crippen molar-refractivity contribution in [1.82, 2.24) is 0 Å². The summed E-state index contributed by atoms with van der Waals surface area (Å²) in [6, 6.07) is 0. The highest BCUT2D eigenvalue weighted by molar-refractivity contribution is 5.15. The minimum absolute atomic E-state index is 0.0973. The van der Waals surface area contributed by atoms with Crippen molar-refractivity contribution < 1.29 is 9.78 Å². The van der Waals surface area contributed by atoms with Crippen LogP contribution in [0.4, 0.5) is 0 Å². The molecule has 0 bridgehead atoms. The molecule has 2 nitrogen and oxygen atoms in total. The van der Waals surface area contributed by atoms with Crippen molar-refractivity contribution in [3.05, 3.63) is 0 Å². The Labute approximate surface area is 119 Å². The van der Waals surface area contributed by atoms with Gasteiger partial charge in [0.15, 0.2) is 0 Å². The van der Waals surface area contributed by atoms with E-state index >= 15 is 0 Å². The van der Waals surface area contributed by atoms with Crippen LogP contribution in [0.1, 0.15) is 75.2 Å². The van der Waals surface area contributed by atoms with Crippen molar-refractivity contribution in [1.29, 1.82) is 0 Å². The Morgan fingerprint density at radius 1 is 0.842 bits per heavy atom. The molecule has 0 amide bonds. The summed E-state index contributed by atoms with van der Waals surface area (Å²) < 4.78 is 0. The first-order valence-electron chi connectivity index (χ1n) is 7.60. The highest BCUT2D eigenvalue weighted by Gasteiger charge is 2.70. The molecule has 2 heteroatoms. The fourth-order valence-electron chi connectivity index (χ4n) is 4.15. The van der Waals surface area contributed by atoms with Crippen LogP contribution in [-0.4, -0.2) is 11.7 Å². The zero-order chi connectivity index (χ0) is 14.9. The SMILES string of the molecule is CC1(C)CC(C)(C(C)(C)C)CC2(C(C)(C)C)OOC12. The Balaban J connectivity index is 2.47. The van der Waals surface area contributed by atoms with Gasteiger partial charge in [-0.05, 0) is 34.5 Å². The molecule has 0 spiro atoms. The molecule has 0 radical (unpaired) electrons. The molecule has 0 aromatic rings. The molecule has 1 heterocycles. The van der Waals surface area contributed by atoms with E-state index in [-0.39, 0.29) is 33.4 Å². The molecule has 2 fully saturated rings. The molecular weight excluding hydrogens is 236 g/mol. The molecule has 3 atom stereocenters. The Hall–Kier alpha value is -0.0800. The van der Waals surface area contributed by atoms with Gasteiger partial charge in [-0.3, -0.25) is 0 Å². The summed E-state index contributed by atoms with van der Waals surface area (Å²) in [6.07, 6.45) is 2.49. The second-order valence-electron chi connectivity index (χ2n) is 9.85. The first-order chi connectivity index (χ1) is 8.25. The van der Waals surface area contributed by atoms with E-state index in [2.05, 4.69) is 62.3 Å². The van der Waals surface area contributed by atoms with Crippen molar-refractivity contribution >= 4 is 0 Å². The summed E-state index contributed by atoms with van der Waals surface area (Å²) in [5.41, 5.74) is 0.652. The van der Waals surface area contributed by atoms with E-state index < -0.39 is 0 Å². The van der Waals surface area contributed by atoms with Gasteiger partial charge in [0.05, 0.1) is 0 Å². The Morgan fingerprint density at radius 2 is 1.37 bits per heavy atom. The van der Waals surface area contributed by atoms with E-state index in [0.717, 1.165) is 6.42 Å². The maximum absolute atomic E-state index is 5.81. The maximum atomic E-state index is 5.81. The molecule has 1 aliphatic carbocycles. The van der Waals surface area contributed by atoms with Gasteiger partial charge in [-0.1, -0.05) is 62.3 Å². The summed E-state index contributed by atoms with van der Waals surface area (Å²) in [5, 5.41) is 0. The van der Waals surface area contributed by atoms with E-state index in [1.165, 1.54) is 6.42 Å². The van der Waals surface area contributed by atoms with Crippen LogP contribution in [0.3, 0.4) is 0 Å². The first kappa shape index (κ1) is 15.3. The Bertz CT molecular complexity index is 372. The van der Waals surface area contributed by atoms with Gasteiger partial charge in [-0.25, -0.2) is 9.78 Å². The fraction of sp³-hybridized carbons (Fsp3) is 1.00. The van der Waals surface area contributed by atoms with Gasteiger partial charge in [0.2, 0.25) is 0 Å². The molecule has 19 heavy (non-hydrogen) atoms. The average molecular weight is 268 g/mol. The van der Waals surface area contributed by atoms with Gasteiger partial charge in [0.1, 0.15) is 11.7 Å². The van der Waals surface area contributed by atoms with Crippen molar-refractivity contribution in [2.45, 2.75) is 86.9 Å². The molecule has 1 saturated heterocycles. The lowest BCUT2D eigenvalue weighted by molar-refractivity contribution is -0.562. The van der Waals surface area contributed by atoms with Gasteiger partial charge < -0.3 is 0 Å². The minimum atomic E-state index is -0.142. The van der Waals surface area contributed by atoms with Crippen molar-refractivity contribution in [2.24, 2.45) is 21.7 Å². The van der Waals surface area contributed by atoms with Gasteiger partial charge in [-0.2, -0.15) is 0 Å². The predicted octanol–water partition coefficient (Wildman–Crippen LogP) is 4.97. The molecular formula is C17H32O2. The van der Waals surface area contributed by atoms with Gasteiger partial charge in [-0.15, -0.1) is 0 Å². The minimum Gasteiger partial charge on any atom is -0.229 e. The fourth-order valence-corrected chi connectivity index (χ4v) is 4.15.